The number of rotatable bonds is 8. The van der Waals surface area contributed by atoms with Crippen LogP contribution in [-0.4, -0.2) is 26.2 Å². The predicted octanol–water partition coefficient (Wildman–Crippen LogP) is 3.14. The average molecular weight is 368 g/mol. The quantitative estimate of drug-likeness (QED) is 0.716. The Hall–Kier alpha value is -0.820. The SMILES string of the molecule is CCCCS(=O)(=O)N[C@@H](C)C(=O)OCc1c(Cl)cccc1Cl. The van der Waals surface area contributed by atoms with Gasteiger partial charge in [0.2, 0.25) is 10.0 Å². The second kappa shape index (κ2) is 8.72. The Kier molecular flexibility index (Phi) is 7.62. The monoisotopic (exact) mass is 367 g/mol. The summed E-state index contributed by atoms with van der Waals surface area (Å²) in [4.78, 5) is 11.9. The van der Waals surface area contributed by atoms with E-state index in [-0.39, 0.29) is 12.4 Å². The summed E-state index contributed by atoms with van der Waals surface area (Å²) in [5.74, 6) is -0.701. The molecule has 0 fully saturated rings. The smallest absolute Gasteiger partial charge is 0.324 e. The predicted molar refractivity (Wildman–Crippen MR) is 87.6 cm³/mol. The highest BCUT2D eigenvalue weighted by molar-refractivity contribution is 7.89. The Labute approximate surface area is 141 Å². The molecule has 0 unspecified atom stereocenters. The molecule has 0 heterocycles. The van der Waals surface area contributed by atoms with Crippen LogP contribution in [0.4, 0.5) is 0 Å². The molecule has 0 aliphatic rings. The van der Waals surface area contributed by atoms with E-state index >= 15 is 0 Å². The van der Waals surface area contributed by atoms with Crippen molar-refractivity contribution in [1.29, 1.82) is 0 Å². The largest absolute Gasteiger partial charge is 0.460 e. The number of sulfonamides is 1. The van der Waals surface area contributed by atoms with Crippen LogP contribution in [0.5, 0.6) is 0 Å². The molecule has 1 rings (SSSR count). The molecule has 5 nitrogen and oxygen atoms in total. The second-order valence-corrected chi connectivity index (χ2v) is 7.51. The van der Waals surface area contributed by atoms with Gasteiger partial charge < -0.3 is 4.74 Å². The normalized spacial score (nSPS) is 12.9. The zero-order chi connectivity index (χ0) is 16.8. The van der Waals surface area contributed by atoms with Crippen molar-refractivity contribution in [2.75, 3.05) is 5.75 Å². The maximum atomic E-state index is 11.9. The molecule has 1 aromatic rings. The summed E-state index contributed by atoms with van der Waals surface area (Å²) in [5.41, 5.74) is 0.486. The molecular formula is C14H19Cl2NO4S. The van der Waals surface area contributed by atoms with E-state index in [9.17, 15) is 13.2 Å². The first kappa shape index (κ1) is 19.2. The van der Waals surface area contributed by atoms with Crippen LogP contribution < -0.4 is 4.72 Å². The van der Waals surface area contributed by atoms with Crippen molar-refractivity contribution in [2.45, 2.75) is 39.3 Å². The van der Waals surface area contributed by atoms with E-state index in [2.05, 4.69) is 4.72 Å². The molecule has 0 saturated heterocycles. The third kappa shape index (κ3) is 6.12. The number of nitrogens with one attached hydrogen (secondary N) is 1. The molecule has 1 N–H and O–H groups in total. The lowest BCUT2D eigenvalue weighted by Crippen LogP contribution is -2.40. The van der Waals surface area contributed by atoms with Crippen molar-refractivity contribution in [3.63, 3.8) is 0 Å². The minimum atomic E-state index is -3.49. The zero-order valence-electron chi connectivity index (χ0n) is 12.4. The van der Waals surface area contributed by atoms with E-state index in [4.69, 9.17) is 27.9 Å². The molecule has 0 spiro atoms. The fourth-order valence-electron chi connectivity index (χ4n) is 1.65. The fourth-order valence-corrected chi connectivity index (χ4v) is 3.58. The van der Waals surface area contributed by atoms with Gasteiger partial charge in [-0.1, -0.05) is 42.6 Å². The van der Waals surface area contributed by atoms with E-state index < -0.39 is 22.0 Å². The summed E-state index contributed by atoms with van der Waals surface area (Å²) in [6.45, 7) is 3.21. The lowest BCUT2D eigenvalue weighted by molar-refractivity contribution is -0.146. The van der Waals surface area contributed by atoms with Gasteiger partial charge in [0, 0.05) is 15.6 Å². The van der Waals surface area contributed by atoms with Gasteiger partial charge in [0.1, 0.15) is 12.6 Å². The maximum Gasteiger partial charge on any atom is 0.324 e. The number of halogens is 2. The van der Waals surface area contributed by atoms with Gasteiger partial charge in [-0.25, -0.2) is 13.1 Å². The van der Waals surface area contributed by atoms with Crippen LogP contribution in [0.25, 0.3) is 0 Å². The first-order valence-electron chi connectivity index (χ1n) is 6.86. The van der Waals surface area contributed by atoms with Crippen LogP contribution in [0.3, 0.4) is 0 Å². The Morgan fingerprint density at radius 3 is 2.45 bits per heavy atom. The van der Waals surface area contributed by atoms with Gasteiger partial charge in [0.05, 0.1) is 5.75 Å². The van der Waals surface area contributed by atoms with Gasteiger partial charge >= 0.3 is 5.97 Å². The first-order valence-corrected chi connectivity index (χ1v) is 9.27. The van der Waals surface area contributed by atoms with Crippen LogP contribution in [0, 0.1) is 0 Å². The van der Waals surface area contributed by atoms with Gasteiger partial charge in [0.25, 0.3) is 0 Å². The van der Waals surface area contributed by atoms with Crippen molar-refractivity contribution in [3.8, 4) is 0 Å². The third-order valence-electron chi connectivity index (χ3n) is 2.90. The van der Waals surface area contributed by atoms with E-state index in [0.29, 0.717) is 22.0 Å². The van der Waals surface area contributed by atoms with Crippen molar-refractivity contribution in [2.24, 2.45) is 0 Å². The molecule has 0 aromatic heterocycles. The number of hydrogen-bond acceptors (Lipinski definition) is 4. The number of carbonyl (C=O) groups excluding carboxylic acids is 1. The molecule has 0 bridgehead atoms. The van der Waals surface area contributed by atoms with Crippen molar-refractivity contribution < 1.29 is 17.9 Å². The lowest BCUT2D eigenvalue weighted by Gasteiger charge is -2.14. The topological polar surface area (TPSA) is 72.5 Å². The summed E-state index contributed by atoms with van der Waals surface area (Å²) in [6.07, 6.45) is 1.29. The summed E-state index contributed by atoms with van der Waals surface area (Å²) >= 11 is 11.9. The van der Waals surface area contributed by atoms with Crippen molar-refractivity contribution in [3.05, 3.63) is 33.8 Å². The number of benzene rings is 1. The van der Waals surface area contributed by atoms with E-state index in [1.165, 1.54) is 6.92 Å². The van der Waals surface area contributed by atoms with Gasteiger partial charge in [0.15, 0.2) is 0 Å². The number of unbranched alkanes of at least 4 members (excludes halogenated alkanes) is 1. The molecule has 22 heavy (non-hydrogen) atoms. The second-order valence-electron chi connectivity index (χ2n) is 4.82. The number of carbonyl (C=O) groups is 1. The third-order valence-corrected chi connectivity index (χ3v) is 5.14. The highest BCUT2D eigenvalue weighted by Crippen LogP contribution is 2.24. The summed E-state index contributed by atoms with van der Waals surface area (Å²) < 4.78 is 30.8. The summed E-state index contributed by atoms with van der Waals surface area (Å²) in [7, 11) is -3.49. The van der Waals surface area contributed by atoms with Crippen molar-refractivity contribution >= 4 is 39.2 Å². The average Bonchev–Trinajstić information content (AvgIpc) is 2.44. The molecule has 1 aromatic carbocycles. The number of esters is 1. The highest BCUT2D eigenvalue weighted by Gasteiger charge is 2.21. The van der Waals surface area contributed by atoms with E-state index in [0.717, 1.165) is 6.42 Å². The van der Waals surface area contributed by atoms with Gasteiger partial charge in [-0.2, -0.15) is 0 Å². The standard InChI is InChI=1S/C14H19Cl2NO4S/c1-3-4-8-22(19,20)17-10(2)14(18)21-9-11-12(15)6-5-7-13(11)16/h5-7,10,17H,3-4,8-9H2,1-2H3/t10-/m0/s1. The molecule has 0 radical (unpaired) electrons. The van der Waals surface area contributed by atoms with Gasteiger partial charge in [-0.3, -0.25) is 4.79 Å². The Balaban J connectivity index is 2.58. The van der Waals surface area contributed by atoms with Gasteiger partial charge in [-0.05, 0) is 25.5 Å². The number of ether oxygens (including phenoxy) is 1. The Morgan fingerprint density at radius 2 is 1.91 bits per heavy atom. The molecule has 0 amide bonds. The lowest BCUT2D eigenvalue weighted by atomic mass is 10.2. The molecule has 0 aliphatic carbocycles. The Bertz CT molecular complexity index is 599. The first-order chi connectivity index (χ1) is 10.3. The molecule has 1 atom stereocenters. The molecule has 0 aliphatic heterocycles. The van der Waals surface area contributed by atoms with Crippen LogP contribution in [0.15, 0.2) is 18.2 Å². The Morgan fingerprint density at radius 1 is 1.32 bits per heavy atom. The summed E-state index contributed by atoms with van der Waals surface area (Å²) in [5, 5.41) is 0.771. The minimum Gasteiger partial charge on any atom is -0.460 e. The van der Waals surface area contributed by atoms with Crippen LogP contribution >= 0.6 is 23.2 Å². The van der Waals surface area contributed by atoms with E-state index in [1.807, 2.05) is 6.92 Å². The molecule has 0 saturated carbocycles. The maximum absolute atomic E-state index is 11.9. The van der Waals surface area contributed by atoms with Crippen LogP contribution in [0.2, 0.25) is 10.0 Å². The van der Waals surface area contributed by atoms with Gasteiger partial charge in [-0.15, -0.1) is 0 Å². The fraction of sp³-hybridized carbons (Fsp3) is 0.500. The molecular weight excluding hydrogens is 349 g/mol. The molecule has 8 heteroatoms. The number of hydrogen-bond donors (Lipinski definition) is 1. The zero-order valence-corrected chi connectivity index (χ0v) is 14.8. The van der Waals surface area contributed by atoms with Crippen LogP contribution in [0.1, 0.15) is 32.3 Å². The summed E-state index contributed by atoms with van der Waals surface area (Å²) in [6, 6.07) is 3.98. The molecule has 124 valence electrons. The minimum absolute atomic E-state index is 0.0164. The van der Waals surface area contributed by atoms with Crippen molar-refractivity contribution in [1.82, 2.24) is 4.72 Å². The van der Waals surface area contributed by atoms with Crippen LogP contribution in [-0.2, 0) is 26.2 Å². The van der Waals surface area contributed by atoms with E-state index in [1.54, 1.807) is 18.2 Å². The highest BCUT2D eigenvalue weighted by atomic mass is 35.5.